The fourth-order valence-electron chi connectivity index (χ4n) is 1.41. The minimum absolute atomic E-state index is 0.257. The van der Waals surface area contributed by atoms with E-state index in [1.54, 1.807) is 20.0 Å². The van der Waals surface area contributed by atoms with Crippen LogP contribution < -0.4 is 15.8 Å². The highest BCUT2D eigenvalue weighted by Gasteiger charge is 2.18. The van der Waals surface area contributed by atoms with Crippen LogP contribution in [0, 0.1) is 13.8 Å². The Morgan fingerprint density at radius 2 is 2.11 bits per heavy atom. The molecule has 4 N–H and O–H groups in total. The number of nitrogens with zero attached hydrogens (tertiary/aromatic N) is 1. The predicted molar refractivity (Wildman–Crippen MR) is 74.5 cm³/mol. The summed E-state index contributed by atoms with van der Waals surface area (Å²) in [4.78, 5) is 5.83. The van der Waals surface area contributed by atoms with E-state index in [9.17, 15) is 8.42 Å². The number of hydrogen-bond acceptors (Lipinski definition) is 4. The molecule has 1 aromatic heterocycles. The van der Waals surface area contributed by atoms with E-state index in [0.717, 1.165) is 9.75 Å². The molecule has 0 atom stereocenters. The molecule has 0 aliphatic heterocycles. The van der Waals surface area contributed by atoms with Crippen LogP contribution in [-0.4, -0.2) is 34.5 Å². The zero-order valence-corrected chi connectivity index (χ0v) is 12.3. The number of nitrogens with two attached hydrogens (primary N) is 1. The number of aliphatic imine (C=N–C) groups is 1. The fourth-order valence-corrected chi connectivity index (χ4v) is 3.99. The van der Waals surface area contributed by atoms with Crippen molar-refractivity contribution < 1.29 is 8.42 Å². The summed E-state index contributed by atoms with van der Waals surface area (Å²) < 4.78 is 26.5. The highest BCUT2D eigenvalue weighted by Crippen LogP contribution is 2.24. The summed E-state index contributed by atoms with van der Waals surface area (Å²) >= 11 is 1.47. The van der Waals surface area contributed by atoms with Gasteiger partial charge in [0.1, 0.15) is 0 Å². The van der Waals surface area contributed by atoms with Crippen LogP contribution in [0.5, 0.6) is 0 Å². The Morgan fingerprint density at radius 3 is 2.61 bits per heavy atom. The molecule has 0 aliphatic rings. The molecule has 0 spiro atoms. The molecule has 18 heavy (non-hydrogen) atoms. The van der Waals surface area contributed by atoms with Crippen molar-refractivity contribution in [3.05, 3.63) is 15.8 Å². The minimum Gasteiger partial charge on any atom is -0.370 e. The van der Waals surface area contributed by atoms with Crippen molar-refractivity contribution in [2.24, 2.45) is 10.7 Å². The lowest BCUT2D eigenvalue weighted by Crippen LogP contribution is -2.38. The lowest BCUT2D eigenvalue weighted by molar-refractivity contribution is 0.580. The molecule has 1 rings (SSSR count). The highest BCUT2D eigenvalue weighted by molar-refractivity contribution is 7.89. The molecule has 0 saturated heterocycles. The number of sulfonamides is 1. The highest BCUT2D eigenvalue weighted by atomic mass is 32.2. The first kappa shape index (κ1) is 14.9. The van der Waals surface area contributed by atoms with Gasteiger partial charge >= 0.3 is 0 Å². The number of thiophene rings is 1. The lowest BCUT2D eigenvalue weighted by Gasteiger charge is -2.07. The van der Waals surface area contributed by atoms with E-state index in [1.807, 2.05) is 6.92 Å². The van der Waals surface area contributed by atoms with Gasteiger partial charge in [0.15, 0.2) is 5.96 Å². The third kappa shape index (κ3) is 3.97. The molecule has 0 saturated carbocycles. The Hall–Kier alpha value is -1.12. The molecule has 0 radical (unpaired) electrons. The van der Waals surface area contributed by atoms with E-state index >= 15 is 0 Å². The quantitative estimate of drug-likeness (QED) is 0.409. The summed E-state index contributed by atoms with van der Waals surface area (Å²) in [5, 5.41) is 2.78. The van der Waals surface area contributed by atoms with Gasteiger partial charge in [-0.1, -0.05) is 0 Å². The van der Waals surface area contributed by atoms with Gasteiger partial charge in [-0.3, -0.25) is 4.99 Å². The Labute approximate surface area is 111 Å². The van der Waals surface area contributed by atoms with Gasteiger partial charge < -0.3 is 11.1 Å². The smallest absolute Gasteiger partial charge is 0.241 e. The van der Waals surface area contributed by atoms with Crippen molar-refractivity contribution in [1.82, 2.24) is 10.0 Å². The maximum atomic E-state index is 12.0. The maximum absolute atomic E-state index is 12.0. The van der Waals surface area contributed by atoms with Crippen molar-refractivity contribution in [3.8, 4) is 0 Å². The van der Waals surface area contributed by atoms with Gasteiger partial charge in [0, 0.05) is 29.9 Å². The summed E-state index contributed by atoms with van der Waals surface area (Å²) in [6, 6.07) is 1.68. The van der Waals surface area contributed by atoms with Crippen molar-refractivity contribution in [1.29, 1.82) is 0 Å². The molecule has 0 amide bonds. The van der Waals surface area contributed by atoms with Crippen molar-refractivity contribution in [3.63, 3.8) is 0 Å². The molecule has 0 aromatic carbocycles. The first-order valence-electron chi connectivity index (χ1n) is 5.39. The van der Waals surface area contributed by atoms with Crippen LogP contribution in [0.2, 0.25) is 0 Å². The average molecular weight is 290 g/mol. The molecular weight excluding hydrogens is 272 g/mol. The molecule has 0 aliphatic carbocycles. The number of rotatable bonds is 5. The van der Waals surface area contributed by atoms with Crippen molar-refractivity contribution >= 4 is 27.3 Å². The third-order valence-corrected chi connectivity index (χ3v) is 4.93. The second kappa shape index (κ2) is 6.17. The SMILES string of the molecule is CN=C(N)NCCNS(=O)(=O)c1cc(C)sc1C. The largest absolute Gasteiger partial charge is 0.370 e. The first-order valence-corrected chi connectivity index (χ1v) is 7.69. The van der Waals surface area contributed by atoms with Crippen molar-refractivity contribution in [2.75, 3.05) is 20.1 Å². The fraction of sp³-hybridized carbons (Fsp3) is 0.500. The summed E-state index contributed by atoms with van der Waals surface area (Å²) in [6.07, 6.45) is 0. The zero-order chi connectivity index (χ0) is 13.8. The number of guanidine groups is 1. The van der Waals surface area contributed by atoms with Crippen LogP contribution in [0.4, 0.5) is 0 Å². The van der Waals surface area contributed by atoms with E-state index in [-0.39, 0.29) is 12.5 Å². The standard InChI is InChI=1S/C10H18N4O2S2/c1-7-6-9(8(2)17-7)18(15,16)14-5-4-13-10(11)12-3/h6,14H,4-5H2,1-3H3,(H3,11,12,13). The van der Waals surface area contributed by atoms with Gasteiger partial charge in [0.05, 0.1) is 4.90 Å². The van der Waals surface area contributed by atoms with Crippen LogP contribution in [0.25, 0.3) is 0 Å². The van der Waals surface area contributed by atoms with Crippen LogP contribution in [0.1, 0.15) is 9.75 Å². The minimum atomic E-state index is -3.44. The van der Waals surface area contributed by atoms with Crippen LogP contribution in [-0.2, 0) is 10.0 Å². The molecule has 1 aromatic rings. The van der Waals surface area contributed by atoms with E-state index in [2.05, 4.69) is 15.0 Å². The molecular formula is C10H18N4O2S2. The number of aryl methyl sites for hydroxylation is 2. The number of hydrogen-bond donors (Lipinski definition) is 3. The van der Waals surface area contributed by atoms with Gasteiger partial charge in [-0.05, 0) is 19.9 Å². The molecule has 6 nitrogen and oxygen atoms in total. The topological polar surface area (TPSA) is 96.6 Å². The monoisotopic (exact) mass is 290 g/mol. The van der Waals surface area contributed by atoms with E-state index < -0.39 is 10.0 Å². The molecule has 102 valence electrons. The Morgan fingerprint density at radius 1 is 1.44 bits per heavy atom. The molecule has 8 heteroatoms. The van der Waals surface area contributed by atoms with Gasteiger partial charge in [-0.15, -0.1) is 11.3 Å². The Bertz CT molecular complexity index is 534. The molecule has 0 fully saturated rings. The van der Waals surface area contributed by atoms with E-state index in [4.69, 9.17) is 5.73 Å². The van der Waals surface area contributed by atoms with Crippen molar-refractivity contribution in [2.45, 2.75) is 18.7 Å². The Kier molecular flexibility index (Phi) is 5.12. The van der Waals surface area contributed by atoms with Gasteiger partial charge in [0.2, 0.25) is 10.0 Å². The maximum Gasteiger partial charge on any atom is 0.241 e. The van der Waals surface area contributed by atoms with Gasteiger partial charge in [-0.25, -0.2) is 13.1 Å². The molecule has 0 unspecified atom stereocenters. The zero-order valence-electron chi connectivity index (χ0n) is 10.6. The second-order valence-corrected chi connectivity index (χ2v) is 6.91. The molecule has 1 heterocycles. The normalized spacial score (nSPS) is 12.7. The lowest BCUT2D eigenvalue weighted by atomic mass is 10.4. The summed E-state index contributed by atoms with van der Waals surface area (Å²) in [7, 11) is -1.88. The summed E-state index contributed by atoms with van der Waals surface area (Å²) in [5.74, 6) is 0.289. The van der Waals surface area contributed by atoms with Gasteiger partial charge in [0.25, 0.3) is 0 Å². The van der Waals surface area contributed by atoms with Crippen LogP contribution in [0.3, 0.4) is 0 Å². The Balaban J connectivity index is 2.58. The predicted octanol–water partition coefficient (Wildman–Crippen LogP) is 0.177. The summed E-state index contributed by atoms with van der Waals surface area (Å²) in [5.41, 5.74) is 5.42. The van der Waals surface area contributed by atoms with E-state index in [0.29, 0.717) is 11.4 Å². The second-order valence-electron chi connectivity index (χ2n) is 3.71. The van der Waals surface area contributed by atoms with E-state index in [1.165, 1.54) is 11.3 Å². The summed E-state index contributed by atoms with van der Waals surface area (Å²) in [6.45, 7) is 4.33. The van der Waals surface area contributed by atoms with Gasteiger partial charge in [-0.2, -0.15) is 0 Å². The third-order valence-electron chi connectivity index (χ3n) is 2.25. The number of nitrogens with one attached hydrogen (secondary N) is 2. The first-order chi connectivity index (χ1) is 8.36. The average Bonchev–Trinajstić information content (AvgIpc) is 2.64. The molecule has 0 bridgehead atoms. The van der Waals surface area contributed by atoms with Crippen LogP contribution in [0.15, 0.2) is 16.0 Å². The van der Waals surface area contributed by atoms with Crippen LogP contribution >= 0.6 is 11.3 Å².